The summed E-state index contributed by atoms with van der Waals surface area (Å²) in [5.74, 6) is 0. The number of benzene rings is 1. The zero-order chi connectivity index (χ0) is 9.40. The van der Waals surface area contributed by atoms with E-state index in [2.05, 4.69) is 36.5 Å². The standard InChI is InChI=1S/C9H13N.CH4O/c1-8(10-2)9-6-4-3-5-7-9;1-2/h3-8,10H,1-2H3;2H,1H3. The van der Waals surface area contributed by atoms with Gasteiger partial charge in [-0.15, -0.1) is 0 Å². The highest BCUT2D eigenvalue weighted by Crippen LogP contribution is 2.09. The Morgan fingerprint density at radius 3 is 2.08 bits per heavy atom. The van der Waals surface area contributed by atoms with Crippen LogP contribution in [0.4, 0.5) is 0 Å². The lowest BCUT2D eigenvalue weighted by atomic mass is 10.1. The second-order valence-corrected chi connectivity index (χ2v) is 2.42. The van der Waals surface area contributed by atoms with Gasteiger partial charge in [0.15, 0.2) is 0 Å². The molecule has 0 fully saturated rings. The molecular formula is C10H17NO. The van der Waals surface area contributed by atoms with E-state index < -0.39 is 0 Å². The van der Waals surface area contributed by atoms with Crippen molar-refractivity contribution in [2.24, 2.45) is 0 Å². The first-order valence-corrected chi connectivity index (χ1v) is 4.01. The molecule has 2 heteroatoms. The molecule has 0 aliphatic carbocycles. The van der Waals surface area contributed by atoms with E-state index in [-0.39, 0.29) is 0 Å². The van der Waals surface area contributed by atoms with E-state index in [9.17, 15) is 0 Å². The SMILES string of the molecule is CNC(C)c1ccccc1.CO. The van der Waals surface area contributed by atoms with Crippen LogP contribution in [0.2, 0.25) is 0 Å². The molecule has 0 aliphatic heterocycles. The van der Waals surface area contributed by atoms with Crippen molar-refractivity contribution in [1.82, 2.24) is 5.32 Å². The second kappa shape index (κ2) is 6.83. The molecule has 2 nitrogen and oxygen atoms in total. The fraction of sp³-hybridized carbons (Fsp3) is 0.400. The zero-order valence-corrected chi connectivity index (χ0v) is 7.91. The fourth-order valence-electron chi connectivity index (χ4n) is 0.908. The van der Waals surface area contributed by atoms with E-state index in [0.717, 1.165) is 7.11 Å². The van der Waals surface area contributed by atoms with Gasteiger partial charge in [0.1, 0.15) is 0 Å². The number of hydrogen-bond acceptors (Lipinski definition) is 2. The topological polar surface area (TPSA) is 32.3 Å². The lowest BCUT2D eigenvalue weighted by molar-refractivity contribution is 0.399. The molecule has 2 N–H and O–H groups in total. The highest BCUT2D eigenvalue weighted by molar-refractivity contribution is 5.17. The fourth-order valence-corrected chi connectivity index (χ4v) is 0.908. The van der Waals surface area contributed by atoms with E-state index >= 15 is 0 Å². The van der Waals surface area contributed by atoms with Crippen LogP contribution in [0.5, 0.6) is 0 Å². The van der Waals surface area contributed by atoms with Crippen molar-refractivity contribution in [1.29, 1.82) is 0 Å². The van der Waals surface area contributed by atoms with E-state index in [1.165, 1.54) is 5.56 Å². The predicted molar refractivity (Wildman–Crippen MR) is 52.1 cm³/mol. The smallest absolute Gasteiger partial charge is 0.0319 e. The largest absolute Gasteiger partial charge is 0.400 e. The average molecular weight is 167 g/mol. The Bertz CT molecular complexity index is 186. The molecule has 0 spiro atoms. The van der Waals surface area contributed by atoms with Gasteiger partial charge in [-0.1, -0.05) is 30.3 Å². The van der Waals surface area contributed by atoms with Crippen LogP contribution in [0.1, 0.15) is 18.5 Å². The van der Waals surface area contributed by atoms with Gasteiger partial charge < -0.3 is 10.4 Å². The Kier molecular flexibility index (Phi) is 6.34. The molecule has 0 aromatic heterocycles. The van der Waals surface area contributed by atoms with Crippen molar-refractivity contribution < 1.29 is 5.11 Å². The second-order valence-electron chi connectivity index (χ2n) is 2.42. The molecule has 1 aromatic rings. The van der Waals surface area contributed by atoms with Gasteiger partial charge in [0.25, 0.3) is 0 Å². The minimum absolute atomic E-state index is 0.459. The van der Waals surface area contributed by atoms with Crippen LogP contribution < -0.4 is 5.32 Å². The van der Waals surface area contributed by atoms with Crippen molar-refractivity contribution in [3.05, 3.63) is 35.9 Å². The first-order valence-electron chi connectivity index (χ1n) is 4.01. The maximum atomic E-state index is 7.00. The summed E-state index contributed by atoms with van der Waals surface area (Å²) in [6, 6.07) is 10.9. The van der Waals surface area contributed by atoms with Gasteiger partial charge in [-0.05, 0) is 19.5 Å². The summed E-state index contributed by atoms with van der Waals surface area (Å²) < 4.78 is 0. The van der Waals surface area contributed by atoms with Crippen LogP contribution >= 0.6 is 0 Å². The van der Waals surface area contributed by atoms with E-state index in [1.54, 1.807) is 0 Å². The van der Waals surface area contributed by atoms with Gasteiger partial charge >= 0.3 is 0 Å². The number of rotatable bonds is 2. The molecule has 0 radical (unpaired) electrons. The van der Waals surface area contributed by atoms with E-state index in [0.29, 0.717) is 6.04 Å². The molecule has 0 bridgehead atoms. The summed E-state index contributed by atoms with van der Waals surface area (Å²) in [6.45, 7) is 2.15. The van der Waals surface area contributed by atoms with Crippen molar-refractivity contribution >= 4 is 0 Å². The molecule has 12 heavy (non-hydrogen) atoms. The Balaban J connectivity index is 0.000000561. The monoisotopic (exact) mass is 167 g/mol. The minimum Gasteiger partial charge on any atom is -0.400 e. The summed E-state index contributed by atoms with van der Waals surface area (Å²) in [5, 5.41) is 10.2. The van der Waals surface area contributed by atoms with Crippen LogP contribution in [0.3, 0.4) is 0 Å². The molecule has 0 saturated carbocycles. The van der Waals surface area contributed by atoms with Crippen molar-refractivity contribution in [3.63, 3.8) is 0 Å². The summed E-state index contributed by atoms with van der Waals surface area (Å²) in [6.07, 6.45) is 0. The van der Waals surface area contributed by atoms with Gasteiger partial charge in [-0.3, -0.25) is 0 Å². The predicted octanol–water partition coefficient (Wildman–Crippen LogP) is 1.58. The highest BCUT2D eigenvalue weighted by Gasteiger charge is 1.97. The lowest BCUT2D eigenvalue weighted by Crippen LogP contribution is -2.11. The maximum absolute atomic E-state index is 7.00. The zero-order valence-electron chi connectivity index (χ0n) is 7.91. The molecule has 0 amide bonds. The van der Waals surface area contributed by atoms with E-state index in [1.807, 2.05) is 13.1 Å². The number of aliphatic hydroxyl groups excluding tert-OH is 1. The molecule has 1 unspecified atom stereocenters. The van der Waals surface area contributed by atoms with Crippen LogP contribution in [-0.2, 0) is 0 Å². The normalized spacial score (nSPS) is 11.3. The number of aliphatic hydroxyl groups is 1. The van der Waals surface area contributed by atoms with Crippen LogP contribution in [0.15, 0.2) is 30.3 Å². The van der Waals surface area contributed by atoms with Gasteiger partial charge in [-0.2, -0.15) is 0 Å². The van der Waals surface area contributed by atoms with Crippen molar-refractivity contribution in [2.75, 3.05) is 14.2 Å². The van der Waals surface area contributed by atoms with Crippen LogP contribution in [0.25, 0.3) is 0 Å². The molecule has 0 heterocycles. The quantitative estimate of drug-likeness (QED) is 0.701. The average Bonchev–Trinajstić information content (AvgIpc) is 2.21. The molecular weight excluding hydrogens is 150 g/mol. The first kappa shape index (κ1) is 11.1. The Hall–Kier alpha value is -0.860. The maximum Gasteiger partial charge on any atom is 0.0319 e. The Morgan fingerprint density at radius 1 is 1.17 bits per heavy atom. The van der Waals surface area contributed by atoms with Gasteiger partial charge in [0, 0.05) is 13.2 Å². The lowest BCUT2D eigenvalue weighted by Gasteiger charge is -2.08. The molecule has 1 aromatic carbocycles. The third-order valence-corrected chi connectivity index (χ3v) is 1.73. The molecule has 1 atom stereocenters. The van der Waals surface area contributed by atoms with Gasteiger partial charge in [0.2, 0.25) is 0 Å². The number of nitrogens with one attached hydrogen (secondary N) is 1. The summed E-state index contributed by atoms with van der Waals surface area (Å²) in [5.41, 5.74) is 1.34. The van der Waals surface area contributed by atoms with Crippen molar-refractivity contribution in [2.45, 2.75) is 13.0 Å². The highest BCUT2D eigenvalue weighted by atomic mass is 16.2. The van der Waals surface area contributed by atoms with Crippen molar-refractivity contribution in [3.8, 4) is 0 Å². The summed E-state index contributed by atoms with van der Waals surface area (Å²) >= 11 is 0. The third-order valence-electron chi connectivity index (χ3n) is 1.73. The van der Waals surface area contributed by atoms with E-state index in [4.69, 9.17) is 5.11 Å². The molecule has 0 saturated heterocycles. The molecule has 0 aliphatic rings. The Labute approximate surface area is 74.2 Å². The van der Waals surface area contributed by atoms with Crippen LogP contribution in [-0.4, -0.2) is 19.3 Å². The molecule has 1 rings (SSSR count). The Morgan fingerprint density at radius 2 is 1.67 bits per heavy atom. The summed E-state index contributed by atoms with van der Waals surface area (Å²) in [4.78, 5) is 0. The third kappa shape index (κ3) is 3.51. The number of hydrogen-bond donors (Lipinski definition) is 2. The van der Waals surface area contributed by atoms with Gasteiger partial charge in [0.05, 0.1) is 0 Å². The van der Waals surface area contributed by atoms with Gasteiger partial charge in [-0.25, -0.2) is 0 Å². The molecule has 68 valence electrons. The first-order chi connectivity index (χ1) is 5.84. The van der Waals surface area contributed by atoms with Crippen LogP contribution in [0, 0.1) is 0 Å². The summed E-state index contributed by atoms with van der Waals surface area (Å²) in [7, 11) is 2.97. The minimum atomic E-state index is 0.459.